The molecule has 36 heavy (non-hydrogen) atoms. The van der Waals surface area contributed by atoms with Gasteiger partial charge in [-0.3, -0.25) is 4.18 Å². The van der Waals surface area contributed by atoms with Gasteiger partial charge in [-0.25, -0.2) is 0 Å². The molecule has 0 bridgehead atoms. The van der Waals surface area contributed by atoms with Gasteiger partial charge in [-0.05, 0) is 19.1 Å². The fourth-order valence-corrected chi connectivity index (χ4v) is 5.33. The Morgan fingerprint density at radius 3 is 1.86 bits per heavy atom. The molecule has 8 nitrogen and oxygen atoms in total. The summed E-state index contributed by atoms with van der Waals surface area (Å²) < 4.78 is 55.8. The summed E-state index contributed by atoms with van der Waals surface area (Å²) in [6.45, 7) is 1.77. The molecule has 0 amide bonds. The molecule has 6 atom stereocenters. The highest BCUT2D eigenvalue weighted by Crippen LogP contribution is 2.36. The minimum absolute atomic E-state index is 0.0155. The quantitative estimate of drug-likeness (QED) is 0.500. The van der Waals surface area contributed by atoms with E-state index in [1.54, 1.807) is 12.1 Å². The Labute approximate surface area is 210 Å². The lowest BCUT2D eigenvalue weighted by molar-refractivity contribution is -0.328. The number of aryl methyl sites for hydroxylation is 1. The lowest BCUT2D eigenvalue weighted by Gasteiger charge is -2.44. The van der Waals surface area contributed by atoms with Gasteiger partial charge in [-0.2, -0.15) is 8.42 Å². The Hall–Kier alpha value is -2.63. The molecule has 1 N–H and O–H groups in total. The first-order chi connectivity index (χ1) is 17.4. The van der Waals surface area contributed by atoms with Gasteiger partial charge >= 0.3 is 0 Å². The maximum Gasteiger partial charge on any atom is 0.297 e. The first-order valence-corrected chi connectivity index (χ1v) is 13.1. The van der Waals surface area contributed by atoms with Crippen molar-refractivity contribution in [1.29, 1.82) is 0 Å². The lowest BCUT2D eigenvalue weighted by atomic mass is 10.0. The summed E-state index contributed by atoms with van der Waals surface area (Å²) in [6.07, 6.45) is -5.57. The normalized spacial score (nSPS) is 29.1. The highest BCUT2D eigenvalue weighted by Gasteiger charge is 2.47. The molecule has 0 radical (unpaired) electrons. The summed E-state index contributed by atoms with van der Waals surface area (Å²) in [7, 11) is -4.14. The fourth-order valence-electron chi connectivity index (χ4n) is 4.26. The van der Waals surface area contributed by atoms with Gasteiger partial charge in [0.1, 0.15) is 24.4 Å². The van der Waals surface area contributed by atoms with E-state index in [-0.39, 0.29) is 18.1 Å². The van der Waals surface area contributed by atoms with Crippen molar-refractivity contribution in [3.63, 3.8) is 0 Å². The Morgan fingerprint density at radius 2 is 1.28 bits per heavy atom. The molecule has 2 unspecified atom stereocenters. The highest BCUT2D eigenvalue weighted by atomic mass is 32.2. The molecule has 2 aliphatic rings. The van der Waals surface area contributed by atoms with Crippen molar-refractivity contribution < 1.29 is 36.7 Å². The van der Waals surface area contributed by atoms with Crippen LogP contribution in [0.25, 0.3) is 0 Å². The molecular weight excluding hydrogens is 484 g/mol. The second kappa shape index (κ2) is 10.8. The third kappa shape index (κ3) is 5.52. The summed E-state index contributed by atoms with van der Waals surface area (Å²) >= 11 is 0. The van der Waals surface area contributed by atoms with Crippen LogP contribution < -0.4 is 0 Å². The van der Waals surface area contributed by atoms with Gasteiger partial charge < -0.3 is 24.1 Å². The SMILES string of the molecule is Cc1ccc(S(=O)(=O)O[C@@H]2COC(c3ccccc3)O[C@@H]2[C@@H]2OC(c3ccccc3)OC[C@H]2O)cc1. The van der Waals surface area contributed by atoms with E-state index in [9.17, 15) is 13.5 Å². The largest absolute Gasteiger partial charge is 0.388 e. The van der Waals surface area contributed by atoms with Crippen LogP contribution in [0.15, 0.2) is 89.8 Å². The van der Waals surface area contributed by atoms with Crippen molar-refractivity contribution in [2.24, 2.45) is 0 Å². The third-order valence-electron chi connectivity index (χ3n) is 6.16. The average molecular weight is 513 g/mol. The summed E-state index contributed by atoms with van der Waals surface area (Å²) in [5.74, 6) is 0. The predicted octanol–water partition coefficient (Wildman–Crippen LogP) is 3.66. The molecule has 2 heterocycles. The molecule has 2 saturated heterocycles. The summed E-state index contributed by atoms with van der Waals surface area (Å²) in [5.41, 5.74) is 2.45. The van der Waals surface area contributed by atoms with Crippen molar-refractivity contribution in [2.75, 3.05) is 13.2 Å². The Bertz CT molecular complexity index is 1230. The number of rotatable bonds is 6. The van der Waals surface area contributed by atoms with Crippen LogP contribution in [-0.2, 0) is 33.2 Å². The van der Waals surface area contributed by atoms with Gasteiger partial charge in [0.15, 0.2) is 12.6 Å². The zero-order valence-corrected chi connectivity index (χ0v) is 20.5. The van der Waals surface area contributed by atoms with Crippen LogP contribution in [0, 0.1) is 6.92 Å². The third-order valence-corrected chi connectivity index (χ3v) is 7.51. The maximum atomic E-state index is 13.1. The Kier molecular flexibility index (Phi) is 7.49. The molecule has 9 heteroatoms. The van der Waals surface area contributed by atoms with E-state index in [0.717, 1.165) is 16.7 Å². The van der Waals surface area contributed by atoms with E-state index in [4.69, 9.17) is 23.1 Å². The monoisotopic (exact) mass is 512 g/mol. The minimum Gasteiger partial charge on any atom is -0.388 e. The molecule has 3 aromatic rings. The van der Waals surface area contributed by atoms with Crippen LogP contribution in [0.4, 0.5) is 0 Å². The van der Waals surface area contributed by atoms with Gasteiger partial charge in [0.05, 0.1) is 18.1 Å². The summed E-state index contributed by atoms with van der Waals surface area (Å²) in [4.78, 5) is 0.0210. The van der Waals surface area contributed by atoms with Crippen LogP contribution >= 0.6 is 0 Å². The second-order valence-electron chi connectivity index (χ2n) is 8.82. The topological polar surface area (TPSA) is 101 Å². The molecule has 0 spiro atoms. The van der Waals surface area contributed by atoms with E-state index in [0.29, 0.717) is 0 Å². The maximum absolute atomic E-state index is 13.1. The number of benzene rings is 3. The zero-order valence-electron chi connectivity index (χ0n) is 19.7. The first kappa shape index (κ1) is 25.0. The Balaban J connectivity index is 1.43. The van der Waals surface area contributed by atoms with Crippen molar-refractivity contribution >= 4 is 10.1 Å². The molecule has 2 aliphatic heterocycles. The van der Waals surface area contributed by atoms with Gasteiger partial charge in [0.25, 0.3) is 10.1 Å². The number of aliphatic hydroxyl groups excluding tert-OH is 1. The molecule has 0 aliphatic carbocycles. The van der Waals surface area contributed by atoms with Crippen LogP contribution in [0.3, 0.4) is 0 Å². The molecule has 3 aromatic carbocycles. The Morgan fingerprint density at radius 1 is 0.750 bits per heavy atom. The fraction of sp³-hybridized carbons (Fsp3) is 0.333. The first-order valence-electron chi connectivity index (χ1n) is 11.7. The second-order valence-corrected chi connectivity index (χ2v) is 10.4. The predicted molar refractivity (Wildman–Crippen MR) is 129 cm³/mol. The molecule has 0 aromatic heterocycles. The van der Waals surface area contributed by atoms with Gasteiger partial charge in [0, 0.05) is 11.1 Å². The van der Waals surface area contributed by atoms with E-state index in [2.05, 4.69) is 0 Å². The van der Waals surface area contributed by atoms with Crippen molar-refractivity contribution in [1.82, 2.24) is 0 Å². The van der Waals surface area contributed by atoms with E-state index in [1.807, 2.05) is 67.6 Å². The van der Waals surface area contributed by atoms with Crippen LogP contribution in [0.5, 0.6) is 0 Å². The summed E-state index contributed by atoms with van der Waals surface area (Å²) in [6, 6.07) is 25.0. The van der Waals surface area contributed by atoms with E-state index < -0.39 is 47.1 Å². The van der Waals surface area contributed by atoms with Gasteiger partial charge in [-0.15, -0.1) is 0 Å². The minimum atomic E-state index is -4.14. The zero-order chi connectivity index (χ0) is 25.1. The number of aliphatic hydroxyl groups is 1. The van der Waals surface area contributed by atoms with Crippen LogP contribution in [-0.4, -0.2) is 51.2 Å². The van der Waals surface area contributed by atoms with Gasteiger partial charge in [0.2, 0.25) is 0 Å². The average Bonchev–Trinajstić information content (AvgIpc) is 2.90. The van der Waals surface area contributed by atoms with Crippen LogP contribution in [0.2, 0.25) is 0 Å². The smallest absolute Gasteiger partial charge is 0.297 e. The van der Waals surface area contributed by atoms with E-state index >= 15 is 0 Å². The molecule has 5 rings (SSSR count). The molecule has 0 saturated carbocycles. The van der Waals surface area contributed by atoms with Crippen LogP contribution in [0.1, 0.15) is 29.3 Å². The highest BCUT2D eigenvalue weighted by molar-refractivity contribution is 7.86. The molecule has 2 fully saturated rings. The van der Waals surface area contributed by atoms with Crippen molar-refractivity contribution in [2.45, 2.75) is 48.8 Å². The summed E-state index contributed by atoms with van der Waals surface area (Å²) in [5, 5.41) is 10.8. The molecule has 190 valence electrons. The van der Waals surface area contributed by atoms with Crippen molar-refractivity contribution in [3.05, 3.63) is 102 Å². The van der Waals surface area contributed by atoms with E-state index in [1.165, 1.54) is 12.1 Å². The standard InChI is InChI=1S/C27H28O8S/c1-18-12-14-21(15-13-18)36(29,30)35-23-17-32-27(20-10-6-3-7-11-20)34-25(23)24-22(28)16-31-26(33-24)19-8-4-2-5-9-19/h2-15,22-28H,16-17H2,1H3/t22-,23-,24-,25+,26?,27?/m1/s1. The number of hydrogen-bond donors (Lipinski definition) is 1. The number of ether oxygens (including phenoxy) is 4. The molecular formula is C27H28O8S. The van der Waals surface area contributed by atoms with Crippen molar-refractivity contribution in [3.8, 4) is 0 Å². The number of hydrogen-bond acceptors (Lipinski definition) is 8. The lowest BCUT2D eigenvalue weighted by Crippen LogP contribution is -2.57. The van der Waals surface area contributed by atoms with Gasteiger partial charge in [-0.1, -0.05) is 78.4 Å².